The summed E-state index contributed by atoms with van der Waals surface area (Å²) in [6.07, 6.45) is 6.65. The fourth-order valence-electron chi connectivity index (χ4n) is 2.59. The van der Waals surface area contributed by atoms with Crippen molar-refractivity contribution in [2.24, 2.45) is 0 Å². The molecular weight excluding hydrogens is 238 g/mol. The van der Waals surface area contributed by atoms with E-state index >= 15 is 0 Å². The molecule has 0 aromatic heterocycles. The summed E-state index contributed by atoms with van der Waals surface area (Å²) in [7, 11) is 0. The Balaban J connectivity index is 1.63. The third kappa shape index (κ3) is 3.09. The topological polar surface area (TPSA) is 38.3 Å². The first-order valence-electron chi connectivity index (χ1n) is 7.31. The number of amides is 1. The van der Waals surface area contributed by atoms with Crippen molar-refractivity contribution in [3.05, 3.63) is 29.3 Å². The zero-order valence-electron chi connectivity index (χ0n) is 11.4. The molecule has 19 heavy (non-hydrogen) atoms. The quantitative estimate of drug-likeness (QED) is 0.902. The van der Waals surface area contributed by atoms with E-state index in [2.05, 4.69) is 17.4 Å². The summed E-state index contributed by atoms with van der Waals surface area (Å²) in [6, 6.07) is 6.64. The number of carbonyl (C=O) groups is 1. The Morgan fingerprint density at radius 1 is 1.26 bits per heavy atom. The summed E-state index contributed by atoms with van der Waals surface area (Å²) in [5, 5.41) is 2.97. The van der Waals surface area contributed by atoms with Crippen molar-refractivity contribution < 1.29 is 9.53 Å². The smallest absolute Gasteiger partial charge is 0.260 e. The Morgan fingerprint density at radius 2 is 2.00 bits per heavy atom. The summed E-state index contributed by atoms with van der Waals surface area (Å²) < 4.78 is 5.76. The highest BCUT2D eigenvalue weighted by Gasteiger charge is 2.26. The fourth-order valence-corrected chi connectivity index (χ4v) is 2.59. The second kappa shape index (κ2) is 5.24. The van der Waals surface area contributed by atoms with Gasteiger partial charge in [0.2, 0.25) is 0 Å². The molecular formula is C16H21NO2. The Morgan fingerprint density at radius 3 is 2.74 bits per heavy atom. The predicted octanol–water partition coefficient (Wildman–Crippen LogP) is 2.61. The van der Waals surface area contributed by atoms with Crippen molar-refractivity contribution in [1.29, 1.82) is 0 Å². The first-order valence-corrected chi connectivity index (χ1v) is 7.31. The minimum absolute atomic E-state index is 0.000204. The molecule has 3 heteroatoms. The Kier molecular flexibility index (Phi) is 3.45. The average Bonchev–Trinajstić information content (AvgIpc) is 3.22. The van der Waals surface area contributed by atoms with E-state index in [1.54, 1.807) is 0 Å². The Bertz CT molecular complexity index is 480. The number of aryl methyl sites for hydroxylation is 2. The van der Waals surface area contributed by atoms with E-state index in [1.807, 2.05) is 13.0 Å². The van der Waals surface area contributed by atoms with E-state index in [9.17, 15) is 4.79 Å². The van der Waals surface area contributed by atoms with Gasteiger partial charge in [0.1, 0.15) is 5.75 Å². The number of fused-ring (bicyclic) bond motifs is 1. The average molecular weight is 259 g/mol. The lowest BCUT2D eigenvalue weighted by atomic mass is 9.92. The molecule has 3 rings (SSSR count). The molecule has 2 aliphatic carbocycles. The molecule has 1 aromatic carbocycles. The van der Waals surface area contributed by atoms with Crippen molar-refractivity contribution in [2.75, 3.05) is 0 Å². The lowest BCUT2D eigenvalue weighted by molar-refractivity contribution is -0.127. The van der Waals surface area contributed by atoms with Crippen molar-refractivity contribution in [2.45, 2.75) is 57.6 Å². The molecule has 1 saturated carbocycles. The number of ether oxygens (including phenoxy) is 1. The third-order valence-electron chi connectivity index (χ3n) is 3.93. The highest BCUT2D eigenvalue weighted by Crippen LogP contribution is 2.26. The van der Waals surface area contributed by atoms with Gasteiger partial charge in [0.05, 0.1) is 0 Å². The van der Waals surface area contributed by atoms with Crippen LogP contribution in [0.5, 0.6) is 5.75 Å². The van der Waals surface area contributed by atoms with Gasteiger partial charge in [-0.2, -0.15) is 0 Å². The molecule has 1 aromatic rings. The number of benzene rings is 1. The summed E-state index contributed by atoms with van der Waals surface area (Å²) in [5.41, 5.74) is 2.83. The van der Waals surface area contributed by atoms with Crippen LogP contribution in [0.25, 0.3) is 0 Å². The molecule has 1 N–H and O–H groups in total. The number of nitrogens with one attached hydrogen (secondary N) is 1. The van der Waals surface area contributed by atoms with Crippen LogP contribution in [0.4, 0.5) is 0 Å². The fraction of sp³-hybridized carbons (Fsp3) is 0.562. The number of rotatable bonds is 4. The molecule has 0 bridgehead atoms. The molecule has 0 aliphatic heterocycles. The van der Waals surface area contributed by atoms with Crippen LogP contribution >= 0.6 is 0 Å². The maximum atomic E-state index is 11.9. The van der Waals surface area contributed by atoms with Gasteiger partial charge in [-0.1, -0.05) is 6.07 Å². The predicted molar refractivity (Wildman–Crippen MR) is 74.3 cm³/mol. The molecule has 0 spiro atoms. The molecule has 1 amide bonds. The first-order chi connectivity index (χ1) is 9.22. The lowest BCUT2D eigenvalue weighted by Gasteiger charge is -2.19. The minimum Gasteiger partial charge on any atom is -0.481 e. The van der Waals surface area contributed by atoms with Gasteiger partial charge in [0.15, 0.2) is 6.10 Å². The monoisotopic (exact) mass is 259 g/mol. The highest BCUT2D eigenvalue weighted by molar-refractivity contribution is 5.81. The van der Waals surface area contributed by atoms with Crippen LogP contribution in [0.3, 0.4) is 0 Å². The van der Waals surface area contributed by atoms with Crippen molar-refractivity contribution in [3.8, 4) is 5.75 Å². The summed E-state index contributed by atoms with van der Waals surface area (Å²) in [6.45, 7) is 1.82. The van der Waals surface area contributed by atoms with Gasteiger partial charge < -0.3 is 10.1 Å². The van der Waals surface area contributed by atoms with E-state index in [4.69, 9.17) is 4.74 Å². The van der Waals surface area contributed by atoms with Crippen LogP contribution in [-0.4, -0.2) is 18.1 Å². The zero-order valence-corrected chi connectivity index (χ0v) is 11.4. The number of hydrogen-bond donors (Lipinski definition) is 1. The van der Waals surface area contributed by atoms with E-state index in [0.717, 1.165) is 25.0 Å². The van der Waals surface area contributed by atoms with Crippen molar-refractivity contribution >= 4 is 5.91 Å². The normalized spacial score (nSPS) is 19.4. The van der Waals surface area contributed by atoms with Gasteiger partial charge in [-0.25, -0.2) is 0 Å². The Labute approximate surface area is 114 Å². The van der Waals surface area contributed by atoms with Crippen LogP contribution in [0.1, 0.15) is 43.7 Å². The van der Waals surface area contributed by atoms with Gasteiger partial charge in [-0.05, 0) is 68.7 Å². The van der Waals surface area contributed by atoms with Crippen LogP contribution in [-0.2, 0) is 17.6 Å². The zero-order chi connectivity index (χ0) is 13.2. The summed E-state index contributed by atoms with van der Waals surface area (Å²) in [4.78, 5) is 11.9. The maximum Gasteiger partial charge on any atom is 0.260 e. The van der Waals surface area contributed by atoms with E-state index in [1.165, 1.54) is 30.4 Å². The maximum absolute atomic E-state index is 11.9. The second-order valence-electron chi connectivity index (χ2n) is 5.68. The molecule has 0 radical (unpaired) electrons. The van der Waals surface area contributed by atoms with Crippen LogP contribution in [0, 0.1) is 0 Å². The van der Waals surface area contributed by atoms with Crippen LogP contribution < -0.4 is 10.1 Å². The van der Waals surface area contributed by atoms with Gasteiger partial charge in [-0.15, -0.1) is 0 Å². The molecule has 1 atom stereocenters. The van der Waals surface area contributed by atoms with Crippen molar-refractivity contribution in [3.63, 3.8) is 0 Å². The van der Waals surface area contributed by atoms with E-state index in [-0.39, 0.29) is 5.91 Å². The number of hydrogen-bond acceptors (Lipinski definition) is 2. The van der Waals surface area contributed by atoms with E-state index in [0.29, 0.717) is 6.04 Å². The summed E-state index contributed by atoms with van der Waals surface area (Å²) in [5.74, 6) is 0.819. The molecule has 0 heterocycles. The second-order valence-corrected chi connectivity index (χ2v) is 5.68. The largest absolute Gasteiger partial charge is 0.481 e. The molecule has 1 unspecified atom stereocenters. The van der Waals surface area contributed by atoms with Gasteiger partial charge >= 0.3 is 0 Å². The number of carbonyl (C=O) groups excluding carboxylic acids is 1. The standard InChI is InChI=1S/C16H21NO2/c1-11(16(18)17-14-7-8-14)19-15-9-6-12-4-2-3-5-13(12)10-15/h6,9-11,14H,2-5,7-8H2,1H3,(H,17,18). The van der Waals surface area contributed by atoms with Crippen LogP contribution in [0.2, 0.25) is 0 Å². The molecule has 1 fully saturated rings. The lowest BCUT2D eigenvalue weighted by Crippen LogP contribution is -2.37. The minimum atomic E-state index is -0.415. The third-order valence-corrected chi connectivity index (χ3v) is 3.93. The van der Waals surface area contributed by atoms with Gasteiger partial charge in [0.25, 0.3) is 5.91 Å². The Hall–Kier alpha value is -1.51. The summed E-state index contributed by atoms with van der Waals surface area (Å²) >= 11 is 0. The van der Waals surface area contributed by atoms with Gasteiger partial charge in [-0.3, -0.25) is 4.79 Å². The molecule has 3 nitrogen and oxygen atoms in total. The highest BCUT2D eigenvalue weighted by atomic mass is 16.5. The van der Waals surface area contributed by atoms with E-state index < -0.39 is 6.10 Å². The molecule has 0 saturated heterocycles. The van der Waals surface area contributed by atoms with Crippen LogP contribution in [0.15, 0.2) is 18.2 Å². The van der Waals surface area contributed by atoms with Gasteiger partial charge in [0, 0.05) is 6.04 Å². The van der Waals surface area contributed by atoms with Crippen molar-refractivity contribution in [1.82, 2.24) is 5.32 Å². The molecule has 2 aliphatic rings. The first kappa shape index (κ1) is 12.5. The SMILES string of the molecule is CC(Oc1ccc2c(c1)CCCC2)C(=O)NC1CC1. The molecule has 102 valence electrons.